The number of halogens is 1. The van der Waals surface area contributed by atoms with Crippen molar-refractivity contribution < 1.29 is 4.39 Å². The maximum absolute atomic E-state index is 12.8. The van der Waals surface area contributed by atoms with E-state index >= 15 is 0 Å². The lowest BCUT2D eigenvalue weighted by molar-refractivity contribution is 0.183. The van der Waals surface area contributed by atoms with Crippen molar-refractivity contribution in [3.05, 3.63) is 18.3 Å². The number of hydrogen-bond acceptors (Lipinski definition) is 4. The van der Waals surface area contributed by atoms with Crippen molar-refractivity contribution >= 4 is 11.5 Å². The summed E-state index contributed by atoms with van der Waals surface area (Å²) >= 11 is 0. The molecule has 88 valence electrons. The first-order chi connectivity index (χ1) is 7.70. The third kappa shape index (κ3) is 2.24. The van der Waals surface area contributed by atoms with Crippen LogP contribution in [0, 0.1) is 0 Å². The lowest BCUT2D eigenvalue weighted by atomic mass is 10.2. The van der Waals surface area contributed by atoms with Gasteiger partial charge in [-0.25, -0.2) is 9.37 Å². The lowest BCUT2D eigenvalue weighted by Gasteiger charge is -2.38. The van der Waals surface area contributed by atoms with Gasteiger partial charge in [0.1, 0.15) is 12.5 Å². The maximum atomic E-state index is 12.8. The number of nitrogen functional groups attached to an aromatic ring is 1. The predicted octanol–water partition coefficient (Wildman–Crippen LogP) is 0.754. The first kappa shape index (κ1) is 11.1. The van der Waals surface area contributed by atoms with Gasteiger partial charge < -0.3 is 10.6 Å². The monoisotopic (exact) mass is 224 g/mol. The van der Waals surface area contributed by atoms with E-state index in [1.165, 1.54) is 0 Å². The molecule has 2 heterocycles. The molecule has 1 saturated heterocycles. The third-order valence-corrected chi connectivity index (χ3v) is 3.05. The molecule has 0 saturated carbocycles. The van der Waals surface area contributed by atoms with Crippen LogP contribution in [0.2, 0.25) is 0 Å². The molecule has 0 radical (unpaired) electrons. The molecule has 0 amide bonds. The van der Waals surface area contributed by atoms with Crippen LogP contribution in [0.25, 0.3) is 0 Å². The topological polar surface area (TPSA) is 45.4 Å². The molecule has 5 heteroatoms. The van der Waals surface area contributed by atoms with Crippen molar-refractivity contribution in [2.75, 3.05) is 44.0 Å². The van der Waals surface area contributed by atoms with Gasteiger partial charge in [0.2, 0.25) is 0 Å². The van der Waals surface area contributed by atoms with Crippen LogP contribution in [-0.2, 0) is 0 Å². The first-order valence-corrected chi connectivity index (χ1v) is 5.43. The van der Waals surface area contributed by atoms with E-state index in [0.717, 1.165) is 18.9 Å². The Morgan fingerprint density at radius 1 is 1.50 bits per heavy atom. The van der Waals surface area contributed by atoms with E-state index in [2.05, 4.69) is 9.88 Å². The van der Waals surface area contributed by atoms with Crippen LogP contribution < -0.4 is 10.6 Å². The molecule has 2 N–H and O–H groups in total. The third-order valence-electron chi connectivity index (χ3n) is 3.05. The standard InChI is InChI=1S/C11H17FN4/c1-15-4-5-16(8-10(15)6-12)11-3-2-9(13)7-14-11/h2-3,7,10H,4-6,8,13H2,1H3. The molecule has 0 bridgehead atoms. The van der Waals surface area contributed by atoms with E-state index in [0.29, 0.717) is 12.2 Å². The summed E-state index contributed by atoms with van der Waals surface area (Å²) in [5.41, 5.74) is 6.24. The van der Waals surface area contributed by atoms with Gasteiger partial charge in [-0.2, -0.15) is 0 Å². The summed E-state index contributed by atoms with van der Waals surface area (Å²) in [5, 5.41) is 0. The average molecular weight is 224 g/mol. The molecule has 4 nitrogen and oxygen atoms in total. The second-order valence-corrected chi connectivity index (χ2v) is 4.18. The summed E-state index contributed by atoms with van der Waals surface area (Å²) in [6.45, 7) is 2.11. The maximum Gasteiger partial charge on any atom is 0.128 e. The summed E-state index contributed by atoms with van der Waals surface area (Å²) in [6, 6.07) is 3.68. The minimum Gasteiger partial charge on any atom is -0.397 e. The summed E-state index contributed by atoms with van der Waals surface area (Å²) in [4.78, 5) is 8.41. The fourth-order valence-electron chi connectivity index (χ4n) is 1.91. The average Bonchev–Trinajstić information content (AvgIpc) is 2.31. The Labute approximate surface area is 94.9 Å². The summed E-state index contributed by atoms with van der Waals surface area (Å²) < 4.78 is 12.8. The number of alkyl halides is 1. The molecule has 16 heavy (non-hydrogen) atoms. The highest BCUT2D eigenvalue weighted by atomic mass is 19.1. The van der Waals surface area contributed by atoms with Crippen LogP contribution in [0.15, 0.2) is 18.3 Å². The van der Waals surface area contributed by atoms with Gasteiger partial charge in [-0.15, -0.1) is 0 Å². The number of anilines is 2. The molecule has 0 aliphatic carbocycles. The highest BCUT2D eigenvalue weighted by Gasteiger charge is 2.24. The van der Waals surface area contributed by atoms with Crippen molar-refractivity contribution in [1.29, 1.82) is 0 Å². The molecule has 1 aromatic rings. The SMILES string of the molecule is CN1CCN(c2ccc(N)cn2)CC1CF. The number of nitrogens with zero attached hydrogens (tertiary/aromatic N) is 3. The zero-order valence-electron chi connectivity index (χ0n) is 9.43. The first-order valence-electron chi connectivity index (χ1n) is 5.43. The smallest absolute Gasteiger partial charge is 0.128 e. The van der Waals surface area contributed by atoms with Crippen LogP contribution >= 0.6 is 0 Å². The zero-order chi connectivity index (χ0) is 11.5. The largest absolute Gasteiger partial charge is 0.397 e. The molecule has 2 rings (SSSR count). The van der Waals surface area contributed by atoms with Crippen molar-refractivity contribution in [1.82, 2.24) is 9.88 Å². The Morgan fingerprint density at radius 2 is 2.31 bits per heavy atom. The van der Waals surface area contributed by atoms with Crippen molar-refractivity contribution in [3.63, 3.8) is 0 Å². The van der Waals surface area contributed by atoms with Crippen LogP contribution in [-0.4, -0.2) is 49.3 Å². The van der Waals surface area contributed by atoms with Gasteiger partial charge >= 0.3 is 0 Å². The van der Waals surface area contributed by atoms with E-state index in [1.807, 2.05) is 24.1 Å². The highest BCUT2D eigenvalue weighted by Crippen LogP contribution is 2.17. The molecule has 0 spiro atoms. The second kappa shape index (κ2) is 4.65. The highest BCUT2D eigenvalue weighted by molar-refractivity contribution is 5.46. The predicted molar refractivity (Wildman–Crippen MR) is 63.3 cm³/mol. The van der Waals surface area contributed by atoms with Crippen LogP contribution in [0.3, 0.4) is 0 Å². The molecule has 1 aliphatic rings. The summed E-state index contributed by atoms with van der Waals surface area (Å²) in [6.07, 6.45) is 1.64. The van der Waals surface area contributed by atoms with Gasteiger partial charge in [-0.3, -0.25) is 4.90 Å². The Morgan fingerprint density at radius 3 is 2.94 bits per heavy atom. The minimum atomic E-state index is -0.317. The number of nitrogens with two attached hydrogens (primary N) is 1. The Balaban J connectivity index is 2.08. The number of rotatable bonds is 2. The van der Waals surface area contributed by atoms with E-state index in [-0.39, 0.29) is 12.7 Å². The zero-order valence-corrected chi connectivity index (χ0v) is 9.43. The fourth-order valence-corrected chi connectivity index (χ4v) is 1.91. The number of hydrogen-bond donors (Lipinski definition) is 1. The number of piperazine rings is 1. The van der Waals surface area contributed by atoms with Crippen molar-refractivity contribution in [3.8, 4) is 0 Å². The quantitative estimate of drug-likeness (QED) is 0.805. The van der Waals surface area contributed by atoms with E-state index in [1.54, 1.807) is 6.20 Å². The van der Waals surface area contributed by atoms with Gasteiger partial charge in [0, 0.05) is 19.6 Å². The van der Waals surface area contributed by atoms with Crippen molar-refractivity contribution in [2.24, 2.45) is 0 Å². The fraction of sp³-hybridized carbons (Fsp3) is 0.545. The molecule has 1 atom stereocenters. The van der Waals surface area contributed by atoms with Crippen molar-refractivity contribution in [2.45, 2.75) is 6.04 Å². The van der Waals surface area contributed by atoms with Crippen LogP contribution in [0.5, 0.6) is 0 Å². The van der Waals surface area contributed by atoms with Gasteiger partial charge in [0.15, 0.2) is 0 Å². The number of aromatic nitrogens is 1. The minimum absolute atomic E-state index is 0.0342. The molecule has 1 fully saturated rings. The molecule has 1 aromatic heterocycles. The van der Waals surface area contributed by atoms with Crippen LogP contribution in [0.1, 0.15) is 0 Å². The molecule has 1 unspecified atom stereocenters. The Bertz CT molecular complexity index is 340. The van der Waals surface area contributed by atoms with Gasteiger partial charge in [0.25, 0.3) is 0 Å². The number of likely N-dealkylation sites (N-methyl/N-ethyl adjacent to an activating group) is 1. The van der Waals surface area contributed by atoms with E-state index in [4.69, 9.17) is 5.73 Å². The van der Waals surface area contributed by atoms with E-state index in [9.17, 15) is 4.39 Å². The lowest BCUT2D eigenvalue weighted by Crippen LogP contribution is -2.52. The Hall–Kier alpha value is -1.36. The van der Waals surface area contributed by atoms with Gasteiger partial charge in [0.05, 0.1) is 17.9 Å². The van der Waals surface area contributed by atoms with Gasteiger partial charge in [-0.1, -0.05) is 0 Å². The van der Waals surface area contributed by atoms with Crippen LogP contribution in [0.4, 0.5) is 15.9 Å². The molecule has 1 aliphatic heterocycles. The normalized spacial score (nSPS) is 22.4. The molecular formula is C11H17FN4. The second-order valence-electron chi connectivity index (χ2n) is 4.18. The number of pyridine rings is 1. The molecular weight excluding hydrogens is 207 g/mol. The Kier molecular flexibility index (Phi) is 3.24. The van der Waals surface area contributed by atoms with E-state index < -0.39 is 0 Å². The summed E-state index contributed by atoms with van der Waals surface area (Å²) in [5.74, 6) is 0.876. The summed E-state index contributed by atoms with van der Waals surface area (Å²) in [7, 11) is 1.96. The van der Waals surface area contributed by atoms with Gasteiger partial charge in [-0.05, 0) is 19.2 Å². The molecule has 0 aromatic carbocycles.